The van der Waals surface area contributed by atoms with Gasteiger partial charge in [-0.3, -0.25) is 9.59 Å². The van der Waals surface area contributed by atoms with Gasteiger partial charge in [0.2, 0.25) is 5.91 Å². The van der Waals surface area contributed by atoms with Crippen molar-refractivity contribution in [1.82, 2.24) is 5.32 Å². The summed E-state index contributed by atoms with van der Waals surface area (Å²) in [5.41, 5.74) is 1.77. The Labute approximate surface area is 154 Å². The van der Waals surface area contributed by atoms with Crippen LogP contribution in [0.25, 0.3) is 0 Å². The van der Waals surface area contributed by atoms with Gasteiger partial charge >= 0.3 is 5.97 Å². The van der Waals surface area contributed by atoms with Gasteiger partial charge < -0.3 is 15.2 Å². The Morgan fingerprint density at radius 3 is 2.58 bits per heavy atom. The van der Waals surface area contributed by atoms with E-state index in [-0.39, 0.29) is 24.8 Å². The first kappa shape index (κ1) is 19.5. The molecule has 2 aromatic carbocycles. The minimum atomic E-state index is -0.874. The average molecular weight is 355 g/mol. The van der Waals surface area contributed by atoms with E-state index in [0.717, 1.165) is 23.3 Å². The third-order valence-corrected chi connectivity index (χ3v) is 3.92. The molecular formula is C21H25NO4. The largest absolute Gasteiger partial charge is 0.494 e. The van der Waals surface area contributed by atoms with Gasteiger partial charge in [0.25, 0.3) is 0 Å². The van der Waals surface area contributed by atoms with Gasteiger partial charge in [-0.05, 0) is 36.1 Å². The summed E-state index contributed by atoms with van der Waals surface area (Å²) in [4.78, 5) is 23.4. The van der Waals surface area contributed by atoms with Gasteiger partial charge in [0.15, 0.2) is 0 Å². The zero-order chi connectivity index (χ0) is 18.8. The van der Waals surface area contributed by atoms with Crippen molar-refractivity contribution in [1.29, 1.82) is 0 Å². The van der Waals surface area contributed by atoms with E-state index in [9.17, 15) is 9.59 Å². The highest BCUT2D eigenvalue weighted by molar-refractivity contribution is 5.79. The molecule has 26 heavy (non-hydrogen) atoms. The Bertz CT molecular complexity index is 715. The van der Waals surface area contributed by atoms with Crippen LogP contribution in [-0.2, 0) is 16.0 Å². The normalized spacial score (nSPS) is 11.6. The van der Waals surface area contributed by atoms with Crippen molar-refractivity contribution in [2.75, 3.05) is 6.61 Å². The molecule has 0 spiro atoms. The van der Waals surface area contributed by atoms with Crippen molar-refractivity contribution < 1.29 is 19.4 Å². The molecule has 0 radical (unpaired) electrons. The molecule has 0 saturated heterocycles. The number of nitrogens with one attached hydrogen (secondary N) is 1. The lowest BCUT2D eigenvalue weighted by molar-refractivity contribution is -0.137. The Morgan fingerprint density at radius 1 is 1.12 bits per heavy atom. The van der Waals surface area contributed by atoms with Crippen LogP contribution in [0.5, 0.6) is 5.75 Å². The third kappa shape index (κ3) is 6.59. The molecule has 1 amide bonds. The van der Waals surface area contributed by atoms with Crippen LogP contribution in [0.15, 0.2) is 54.6 Å². The number of carboxylic acid groups (broad SMARTS) is 1. The van der Waals surface area contributed by atoms with Crippen LogP contribution in [0.1, 0.15) is 43.4 Å². The second-order valence-electron chi connectivity index (χ2n) is 6.14. The van der Waals surface area contributed by atoms with Gasteiger partial charge in [0.05, 0.1) is 19.1 Å². The lowest BCUT2D eigenvalue weighted by Crippen LogP contribution is -2.30. The number of benzene rings is 2. The highest BCUT2D eigenvalue weighted by atomic mass is 16.5. The summed E-state index contributed by atoms with van der Waals surface area (Å²) in [6, 6.07) is 16.6. The average Bonchev–Trinajstić information content (AvgIpc) is 2.64. The minimum absolute atomic E-state index is 0.000182. The maximum atomic E-state index is 12.5. The number of amides is 1. The van der Waals surface area contributed by atoms with Crippen molar-refractivity contribution in [3.05, 3.63) is 65.7 Å². The molecule has 0 bridgehead atoms. The van der Waals surface area contributed by atoms with Gasteiger partial charge in [-0.15, -0.1) is 0 Å². The minimum Gasteiger partial charge on any atom is -0.494 e. The topological polar surface area (TPSA) is 75.6 Å². The quantitative estimate of drug-likeness (QED) is 0.681. The molecule has 1 unspecified atom stereocenters. The molecule has 2 rings (SSSR count). The molecule has 5 nitrogen and oxygen atoms in total. The van der Waals surface area contributed by atoms with E-state index >= 15 is 0 Å². The van der Waals surface area contributed by atoms with Crippen LogP contribution in [0.2, 0.25) is 0 Å². The molecule has 0 aliphatic heterocycles. The van der Waals surface area contributed by atoms with E-state index in [0.29, 0.717) is 13.0 Å². The van der Waals surface area contributed by atoms with E-state index in [1.165, 1.54) is 0 Å². The van der Waals surface area contributed by atoms with Crippen molar-refractivity contribution in [3.8, 4) is 5.75 Å². The van der Waals surface area contributed by atoms with Gasteiger partial charge in [-0.1, -0.05) is 49.4 Å². The number of hydrogen-bond acceptors (Lipinski definition) is 3. The summed E-state index contributed by atoms with van der Waals surface area (Å²) in [6.07, 6.45) is 1.50. The number of hydrogen-bond donors (Lipinski definition) is 2. The molecule has 1 atom stereocenters. The van der Waals surface area contributed by atoms with Crippen molar-refractivity contribution >= 4 is 11.9 Å². The van der Waals surface area contributed by atoms with Crippen LogP contribution >= 0.6 is 0 Å². The Morgan fingerprint density at radius 2 is 1.88 bits per heavy atom. The van der Waals surface area contributed by atoms with Crippen molar-refractivity contribution in [2.45, 2.75) is 38.6 Å². The van der Waals surface area contributed by atoms with E-state index in [2.05, 4.69) is 5.32 Å². The molecule has 0 aromatic heterocycles. The first-order valence-electron chi connectivity index (χ1n) is 8.86. The fraction of sp³-hybridized carbons (Fsp3) is 0.333. The van der Waals surface area contributed by atoms with Crippen LogP contribution in [0, 0.1) is 0 Å². The summed E-state index contributed by atoms with van der Waals surface area (Å²) in [5, 5.41) is 11.9. The summed E-state index contributed by atoms with van der Waals surface area (Å²) >= 11 is 0. The summed E-state index contributed by atoms with van der Waals surface area (Å²) < 4.78 is 5.60. The van der Waals surface area contributed by atoms with E-state index < -0.39 is 5.97 Å². The molecule has 5 heteroatoms. The first-order valence-corrected chi connectivity index (χ1v) is 8.86. The second-order valence-corrected chi connectivity index (χ2v) is 6.14. The maximum Gasteiger partial charge on any atom is 0.303 e. The fourth-order valence-corrected chi connectivity index (χ4v) is 2.67. The van der Waals surface area contributed by atoms with Crippen LogP contribution in [0.4, 0.5) is 0 Å². The SMILES string of the molecule is CCCOc1cccc(CC(=O)NC(CCC(=O)O)c2ccccc2)c1. The fourth-order valence-electron chi connectivity index (χ4n) is 2.67. The van der Waals surface area contributed by atoms with Crippen molar-refractivity contribution in [2.24, 2.45) is 0 Å². The lowest BCUT2D eigenvalue weighted by atomic mass is 10.0. The van der Waals surface area contributed by atoms with E-state index in [1.807, 2.05) is 61.5 Å². The maximum absolute atomic E-state index is 12.5. The molecule has 0 fully saturated rings. The molecule has 0 saturated carbocycles. The molecule has 2 N–H and O–H groups in total. The number of carbonyl (C=O) groups excluding carboxylic acids is 1. The van der Waals surface area contributed by atoms with Crippen molar-refractivity contribution in [3.63, 3.8) is 0 Å². The summed E-state index contributed by atoms with van der Waals surface area (Å²) in [5.74, 6) is -0.263. The zero-order valence-corrected chi connectivity index (χ0v) is 15.0. The monoisotopic (exact) mass is 355 g/mol. The highest BCUT2D eigenvalue weighted by Crippen LogP contribution is 2.19. The number of carboxylic acids is 1. The van der Waals surface area contributed by atoms with Crippen LogP contribution in [0.3, 0.4) is 0 Å². The van der Waals surface area contributed by atoms with Gasteiger partial charge in [0, 0.05) is 6.42 Å². The van der Waals surface area contributed by atoms with Crippen LogP contribution < -0.4 is 10.1 Å². The second kappa shape index (κ2) is 10.2. The van der Waals surface area contributed by atoms with E-state index in [1.54, 1.807) is 0 Å². The van der Waals surface area contributed by atoms with Crippen LogP contribution in [-0.4, -0.2) is 23.6 Å². The first-order chi connectivity index (χ1) is 12.6. The Kier molecular flexibility index (Phi) is 7.68. The highest BCUT2D eigenvalue weighted by Gasteiger charge is 2.16. The van der Waals surface area contributed by atoms with Gasteiger partial charge in [-0.25, -0.2) is 0 Å². The predicted octanol–water partition coefficient (Wildman–Crippen LogP) is 3.74. The molecule has 0 heterocycles. The Hall–Kier alpha value is -2.82. The number of ether oxygens (including phenoxy) is 1. The summed E-state index contributed by atoms with van der Waals surface area (Å²) in [6.45, 7) is 2.68. The standard InChI is InChI=1S/C21H25NO4/c1-2-13-26-18-10-6-7-16(14-18)15-20(23)22-19(11-12-21(24)25)17-8-4-3-5-9-17/h3-10,14,19H,2,11-13,15H2,1H3,(H,22,23)(H,24,25). The zero-order valence-electron chi connectivity index (χ0n) is 15.0. The smallest absolute Gasteiger partial charge is 0.303 e. The number of rotatable bonds is 10. The molecule has 0 aliphatic rings. The summed E-state index contributed by atoms with van der Waals surface area (Å²) in [7, 11) is 0. The lowest BCUT2D eigenvalue weighted by Gasteiger charge is -2.19. The molecule has 138 valence electrons. The Balaban J connectivity index is 2.01. The number of aliphatic carboxylic acids is 1. The predicted molar refractivity (Wildman–Crippen MR) is 100 cm³/mol. The molecular weight excluding hydrogens is 330 g/mol. The third-order valence-electron chi connectivity index (χ3n) is 3.92. The molecule has 0 aliphatic carbocycles. The van der Waals surface area contributed by atoms with Gasteiger partial charge in [0.1, 0.15) is 5.75 Å². The van der Waals surface area contributed by atoms with E-state index in [4.69, 9.17) is 9.84 Å². The number of carbonyl (C=O) groups is 2. The van der Waals surface area contributed by atoms with Gasteiger partial charge in [-0.2, -0.15) is 0 Å². The molecule has 2 aromatic rings.